The van der Waals surface area contributed by atoms with Gasteiger partial charge in [0.2, 0.25) is 5.91 Å². The number of amides is 3. The summed E-state index contributed by atoms with van der Waals surface area (Å²) in [5, 5.41) is 7.22. The third-order valence-electron chi connectivity index (χ3n) is 4.03. The third kappa shape index (κ3) is 4.43. The van der Waals surface area contributed by atoms with Crippen LogP contribution in [0.15, 0.2) is 0 Å². The van der Waals surface area contributed by atoms with Crippen LogP contribution in [0, 0.1) is 19.8 Å². The van der Waals surface area contributed by atoms with Crippen molar-refractivity contribution in [1.82, 2.24) is 29.9 Å². The molecule has 0 spiro atoms. The number of likely N-dealkylation sites (tertiary alicyclic amines) is 1. The lowest BCUT2D eigenvalue weighted by molar-refractivity contribution is -0.126. The number of aromatic nitrogens is 3. The minimum absolute atomic E-state index is 0.00995. The van der Waals surface area contributed by atoms with Crippen molar-refractivity contribution in [2.75, 3.05) is 33.7 Å². The molecule has 1 aromatic rings. The van der Waals surface area contributed by atoms with Crippen molar-refractivity contribution in [2.45, 2.75) is 33.2 Å². The van der Waals surface area contributed by atoms with Crippen molar-refractivity contribution in [3.63, 3.8) is 0 Å². The summed E-state index contributed by atoms with van der Waals surface area (Å²) in [6.45, 7) is 6.07. The van der Waals surface area contributed by atoms with Crippen LogP contribution in [0.2, 0.25) is 0 Å². The van der Waals surface area contributed by atoms with Crippen LogP contribution in [-0.4, -0.2) is 70.2 Å². The second kappa shape index (κ2) is 7.43. The largest absolute Gasteiger partial charge is 0.354 e. The van der Waals surface area contributed by atoms with E-state index in [2.05, 4.69) is 15.4 Å². The van der Waals surface area contributed by atoms with Crippen molar-refractivity contribution in [1.29, 1.82) is 0 Å². The molecule has 1 saturated heterocycles. The highest BCUT2D eigenvalue weighted by Gasteiger charge is 2.28. The fourth-order valence-electron chi connectivity index (χ4n) is 2.85. The number of nitrogens with one attached hydrogen (secondary N) is 1. The molecular weight excluding hydrogens is 296 g/mol. The molecule has 0 saturated carbocycles. The number of nitrogens with zero attached hydrogens (tertiary/aromatic N) is 5. The van der Waals surface area contributed by atoms with Crippen molar-refractivity contribution in [2.24, 2.45) is 5.92 Å². The maximum Gasteiger partial charge on any atom is 0.319 e. The molecule has 1 aromatic heterocycles. The second-order valence-electron chi connectivity index (χ2n) is 6.18. The number of carbonyl (C=O) groups is 2. The number of rotatable bonds is 4. The molecule has 1 N–H and O–H groups in total. The van der Waals surface area contributed by atoms with Crippen molar-refractivity contribution >= 4 is 11.9 Å². The first-order chi connectivity index (χ1) is 10.9. The zero-order valence-electron chi connectivity index (χ0n) is 14.4. The second-order valence-corrected chi connectivity index (χ2v) is 6.18. The van der Waals surface area contributed by atoms with Gasteiger partial charge in [-0.3, -0.25) is 4.79 Å². The van der Waals surface area contributed by atoms with E-state index < -0.39 is 0 Å². The molecule has 1 fully saturated rings. The summed E-state index contributed by atoms with van der Waals surface area (Å²) in [4.78, 5) is 31.9. The van der Waals surface area contributed by atoms with Gasteiger partial charge in [0.05, 0.1) is 12.5 Å². The highest BCUT2D eigenvalue weighted by molar-refractivity contribution is 5.80. The highest BCUT2D eigenvalue weighted by Crippen LogP contribution is 2.17. The zero-order chi connectivity index (χ0) is 17.0. The molecular formula is C15H26N6O2. The monoisotopic (exact) mass is 322 g/mol. The molecule has 2 heterocycles. The quantitative estimate of drug-likeness (QED) is 0.870. The number of hydrogen-bond acceptors (Lipinski definition) is 4. The molecule has 0 aromatic carbocycles. The molecule has 23 heavy (non-hydrogen) atoms. The Balaban J connectivity index is 1.81. The van der Waals surface area contributed by atoms with Crippen LogP contribution >= 0.6 is 0 Å². The predicted octanol–water partition coefficient (Wildman–Crippen LogP) is 0.405. The van der Waals surface area contributed by atoms with E-state index >= 15 is 0 Å². The van der Waals surface area contributed by atoms with Crippen LogP contribution in [0.5, 0.6) is 0 Å². The first kappa shape index (κ1) is 17.2. The van der Waals surface area contributed by atoms with E-state index in [1.165, 1.54) is 0 Å². The molecule has 1 aliphatic heterocycles. The van der Waals surface area contributed by atoms with Crippen molar-refractivity contribution in [3.05, 3.63) is 11.6 Å². The van der Waals surface area contributed by atoms with Crippen LogP contribution in [0.3, 0.4) is 0 Å². The third-order valence-corrected chi connectivity index (χ3v) is 4.03. The van der Waals surface area contributed by atoms with Gasteiger partial charge in [-0.25, -0.2) is 14.5 Å². The van der Waals surface area contributed by atoms with Crippen LogP contribution < -0.4 is 5.32 Å². The minimum Gasteiger partial charge on any atom is -0.354 e. The summed E-state index contributed by atoms with van der Waals surface area (Å²) in [5.41, 5.74) is 0. The highest BCUT2D eigenvalue weighted by atomic mass is 16.2. The van der Waals surface area contributed by atoms with Gasteiger partial charge in [0, 0.05) is 33.7 Å². The Morgan fingerprint density at radius 2 is 2.09 bits per heavy atom. The summed E-state index contributed by atoms with van der Waals surface area (Å²) in [6, 6.07) is -0.0313. The smallest absolute Gasteiger partial charge is 0.319 e. The molecule has 0 aliphatic carbocycles. The lowest BCUT2D eigenvalue weighted by Crippen LogP contribution is -2.48. The van der Waals surface area contributed by atoms with Gasteiger partial charge in [-0.1, -0.05) is 0 Å². The van der Waals surface area contributed by atoms with Gasteiger partial charge in [0.25, 0.3) is 0 Å². The fraction of sp³-hybridized carbons (Fsp3) is 0.733. The summed E-state index contributed by atoms with van der Waals surface area (Å²) < 4.78 is 1.79. The molecule has 0 bridgehead atoms. The first-order valence-corrected chi connectivity index (χ1v) is 8.00. The molecule has 1 atom stereocenters. The van der Waals surface area contributed by atoms with Gasteiger partial charge in [-0.15, -0.1) is 0 Å². The van der Waals surface area contributed by atoms with Crippen LogP contribution in [0.1, 0.15) is 24.5 Å². The Morgan fingerprint density at radius 3 is 2.70 bits per heavy atom. The molecule has 3 amide bonds. The van der Waals surface area contributed by atoms with Gasteiger partial charge in [0.1, 0.15) is 11.6 Å². The van der Waals surface area contributed by atoms with E-state index in [4.69, 9.17) is 0 Å². The maximum atomic E-state index is 12.3. The number of carbonyl (C=O) groups excluding carboxylic acids is 2. The SMILES string of the molecule is Cc1nc(C)n(CCNC(=O)[C@@H]2CCCN(C(=O)N(C)C)C2)n1. The first-order valence-electron chi connectivity index (χ1n) is 8.00. The van der Waals surface area contributed by atoms with E-state index in [1.54, 1.807) is 28.6 Å². The average Bonchev–Trinajstić information content (AvgIpc) is 2.84. The summed E-state index contributed by atoms with van der Waals surface area (Å²) >= 11 is 0. The zero-order valence-corrected chi connectivity index (χ0v) is 14.4. The lowest BCUT2D eigenvalue weighted by atomic mass is 9.97. The van der Waals surface area contributed by atoms with Crippen molar-refractivity contribution in [3.8, 4) is 0 Å². The molecule has 1 aliphatic rings. The minimum atomic E-state index is -0.133. The van der Waals surface area contributed by atoms with Gasteiger partial charge >= 0.3 is 6.03 Å². The van der Waals surface area contributed by atoms with Crippen molar-refractivity contribution < 1.29 is 9.59 Å². The number of urea groups is 1. The van der Waals surface area contributed by atoms with E-state index in [-0.39, 0.29) is 17.9 Å². The Bertz CT molecular complexity index is 568. The summed E-state index contributed by atoms with van der Waals surface area (Å²) in [7, 11) is 3.46. The Kier molecular flexibility index (Phi) is 5.57. The molecule has 8 heteroatoms. The Morgan fingerprint density at radius 1 is 1.35 bits per heavy atom. The number of hydrogen-bond donors (Lipinski definition) is 1. The van der Waals surface area contributed by atoms with Gasteiger partial charge < -0.3 is 15.1 Å². The predicted molar refractivity (Wildman–Crippen MR) is 85.9 cm³/mol. The van der Waals surface area contributed by atoms with Crippen LogP contribution in [0.25, 0.3) is 0 Å². The van der Waals surface area contributed by atoms with Gasteiger partial charge in [-0.05, 0) is 26.7 Å². The van der Waals surface area contributed by atoms with Gasteiger partial charge in [-0.2, -0.15) is 5.10 Å². The Labute approximate surface area is 136 Å². The lowest BCUT2D eigenvalue weighted by Gasteiger charge is -2.33. The Hall–Kier alpha value is -2.12. The maximum absolute atomic E-state index is 12.3. The fourth-order valence-corrected chi connectivity index (χ4v) is 2.85. The van der Waals surface area contributed by atoms with Crippen LogP contribution in [0.4, 0.5) is 4.79 Å². The molecule has 2 rings (SSSR count). The molecule has 8 nitrogen and oxygen atoms in total. The topological polar surface area (TPSA) is 83.4 Å². The van der Waals surface area contributed by atoms with E-state index in [0.29, 0.717) is 19.6 Å². The molecule has 128 valence electrons. The number of piperidine rings is 1. The molecule has 0 unspecified atom stereocenters. The van der Waals surface area contributed by atoms with Gasteiger partial charge in [0.15, 0.2) is 0 Å². The summed E-state index contributed by atoms with van der Waals surface area (Å²) in [5.74, 6) is 1.46. The average molecular weight is 322 g/mol. The normalized spacial score (nSPS) is 17.9. The van der Waals surface area contributed by atoms with Crippen LogP contribution in [-0.2, 0) is 11.3 Å². The molecule has 0 radical (unpaired) electrons. The van der Waals surface area contributed by atoms with E-state index in [0.717, 1.165) is 31.0 Å². The number of aryl methyl sites for hydroxylation is 2. The van der Waals surface area contributed by atoms with E-state index in [9.17, 15) is 9.59 Å². The summed E-state index contributed by atoms with van der Waals surface area (Å²) in [6.07, 6.45) is 1.68. The van der Waals surface area contributed by atoms with E-state index in [1.807, 2.05) is 13.8 Å². The standard InChI is InChI=1S/C15H26N6O2/c1-11-17-12(2)21(18-11)9-7-16-14(22)13-6-5-8-20(10-13)15(23)19(3)4/h13H,5-10H2,1-4H3,(H,16,22)/t13-/m1/s1.